The number of amides is 1. The highest BCUT2D eigenvalue weighted by Crippen LogP contribution is 2.22. The molecule has 0 aliphatic carbocycles. The number of carbonyl (C=O) groups is 1. The molecule has 1 aliphatic rings. The molecule has 1 N–H and O–H groups in total. The Labute approximate surface area is 152 Å². The third kappa shape index (κ3) is 3.89. The zero-order valence-corrected chi connectivity index (χ0v) is 14.8. The lowest BCUT2D eigenvalue weighted by atomic mass is 9.95. The van der Waals surface area contributed by atoms with Crippen LogP contribution in [0, 0.1) is 5.82 Å². The number of fused-ring (bicyclic) bond motifs is 1. The van der Waals surface area contributed by atoms with E-state index in [0.717, 1.165) is 0 Å². The number of nitrogens with one attached hydrogen (secondary N) is 1. The van der Waals surface area contributed by atoms with E-state index in [1.807, 2.05) is 18.2 Å². The van der Waals surface area contributed by atoms with Crippen LogP contribution in [0.4, 0.5) is 4.39 Å². The molecule has 2 aromatic rings. The Kier molecular flexibility index (Phi) is 6.21. The van der Waals surface area contributed by atoms with Crippen LogP contribution in [-0.2, 0) is 24.3 Å². The Balaban J connectivity index is 0.00000208. The predicted molar refractivity (Wildman–Crippen MR) is 95.9 cm³/mol. The largest absolute Gasteiger partial charge is 0.340 e. The van der Waals surface area contributed by atoms with Crippen molar-refractivity contribution in [3.05, 3.63) is 70.0 Å². The highest BCUT2D eigenvalue weighted by Gasteiger charge is 2.27. The van der Waals surface area contributed by atoms with Gasteiger partial charge in [-0.15, -0.1) is 12.4 Å². The maximum atomic E-state index is 13.9. The number of carbonyl (C=O) groups excluding carboxylic acids is 1. The second kappa shape index (κ2) is 7.97. The Morgan fingerprint density at radius 1 is 1.25 bits per heavy atom. The minimum absolute atomic E-state index is 0. The molecule has 24 heavy (non-hydrogen) atoms. The van der Waals surface area contributed by atoms with Gasteiger partial charge in [0.15, 0.2) is 0 Å². The van der Waals surface area contributed by atoms with Crippen molar-refractivity contribution in [3.8, 4) is 0 Å². The predicted octanol–water partition coefficient (Wildman–Crippen LogP) is 3.57. The van der Waals surface area contributed by atoms with Crippen molar-refractivity contribution in [2.45, 2.75) is 25.6 Å². The van der Waals surface area contributed by atoms with E-state index in [4.69, 9.17) is 11.6 Å². The fourth-order valence-electron chi connectivity index (χ4n) is 2.89. The van der Waals surface area contributed by atoms with E-state index in [2.05, 4.69) is 11.4 Å². The molecule has 1 heterocycles. The van der Waals surface area contributed by atoms with Crippen molar-refractivity contribution >= 4 is 29.9 Å². The number of rotatable bonds is 3. The molecular weight excluding hydrogens is 350 g/mol. The van der Waals surface area contributed by atoms with Crippen molar-refractivity contribution in [1.82, 2.24) is 10.2 Å². The molecule has 0 saturated heterocycles. The zero-order chi connectivity index (χ0) is 16.4. The van der Waals surface area contributed by atoms with Gasteiger partial charge in [-0.25, -0.2) is 4.39 Å². The topological polar surface area (TPSA) is 32.3 Å². The zero-order valence-electron chi connectivity index (χ0n) is 13.3. The average Bonchev–Trinajstić information content (AvgIpc) is 2.57. The maximum absolute atomic E-state index is 13.9. The lowest BCUT2D eigenvalue weighted by Gasteiger charge is -2.29. The summed E-state index contributed by atoms with van der Waals surface area (Å²) in [5.41, 5.74) is 2.75. The van der Waals surface area contributed by atoms with Crippen LogP contribution in [0.5, 0.6) is 0 Å². The van der Waals surface area contributed by atoms with Gasteiger partial charge in [-0.05, 0) is 29.7 Å². The molecule has 1 aliphatic heterocycles. The fourth-order valence-corrected chi connectivity index (χ4v) is 3.12. The van der Waals surface area contributed by atoms with E-state index < -0.39 is 0 Å². The molecule has 1 amide bonds. The molecule has 0 radical (unpaired) electrons. The lowest BCUT2D eigenvalue weighted by Crippen LogP contribution is -2.48. The summed E-state index contributed by atoms with van der Waals surface area (Å²) in [6.07, 6.45) is 0.643. The summed E-state index contributed by atoms with van der Waals surface area (Å²) in [5, 5.41) is 3.59. The van der Waals surface area contributed by atoms with E-state index in [9.17, 15) is 9.18 Å². The minimum Gasteiger partial charge on any atom is -0.340 e. The first kappa shape index (κ1) is 18.7. The molecule has 0 fully saturated rings. The molecule has 1 atom stereocenters. The highest BCUT2D eigenvalue weighted by atomic mass is 35.5. The molecule has 0 aromatic heterocycles. The Hall–Kier alpha value is -1.62. The number of hydrogen-bond donors (Lipinski definition) is 1. The first-order valence-corrected chi connectivity index (χ1v) is 7.92. The number of benzene rings is 2. The summed E-state index contributed by atoms with van der Waals surface area (Å²) in [6.45, 7) is 0.824. The van der Waals surface area contributed by atoms with Crippen LogP contribution < -0.4 is 5.32 Å². The highest BCUT2D eigenvalue weighted by molar-refractivity contribution is 6.31. The van der Waals surface area contributed by atoms with Crippen LogP contribution in [0.25, 0.3) is 0 Å². The summed E-state index contributed by atoms with van der Waals surface area (Å²) in [4.78, 5) is 14.2. The first-order chi connectivity index (χ1) is 11.1. The van der Waals surface area contributed by atoms with Crippen LogP contribution in [0.3, 0.4) is 0 Å². The van der Waals surface area contributed by atoms with Gasteiger partial charge in [0, 0.05) is 30.7 Å². The van der Waals surface area contributed by atoms with Crippen LogP contribution in [0.15, 0.2) is 42.5 Å². The van der Waals surface area contributed by atoms with Gasteiger partial charge >= 0.3 is 0 Å². The molecule has 3 rings (SSSR count). The summed E-state index contributed by atoms with van der Waals surface area (Å²) in [5.74, 6) is -0.446. The van der Waals surface area contributed by atoms with Gasteiger partial charge in [0.1, 0.15) is 5.82 Å². The van der Waals surface area contributed by atoms with Gasteiger partial charge in [0.25, 0.3) is 0 Å². The van der Waals surface area contributed by atoms with E-state index in [1.165, 1.54) is 22.1 Å². The van der Waals surface area contributed by atoms with E-state index in [-0.39, 0.29) is 36.7 Å². The second-order valence-corrected chi connectivity index (χ2v) is 6.21. The molecular formula is C18H19Cl2FN2O. The number of hydrogen-bond acceptors (Lipinski definition) is 2. The standard InChI is InChI=1S/C18H18ClFN2O.ClH/c1-22(11-14-15(19)7-4-8-16(14)20)18(23)17-9-12-5-2-3-6-13(12)10-21-17;/h2-8,17,21H,9-11H2,1H3;1H. The molecule has 0 saturated carbocycles. The van der Waals surface area contributed by atoms with Gasteiger partial charge in [-0.3, -0.25) is 4.79 Å². The van der Waals surface area contributed by atoms with Crippen LogP contribution in [-0.4, -0.2) is 23.9 Å². The number of nitrogens with zero attached hydrogens (tertiary/aromatic N) is 1. The first-order valence-electron chi connectivity index (χ1n) is 7.54. The Morgan fingerprint density at radius 2 is 1.96 bits per heavy atom. The third-order valence-electron chi connectivity index (χ3n) is 4.21. The summed E-state index contributed by atoms with van der Waals surface area (Å²) in [7, 11) is 1.67. The Morgan fingerprint density at radius 3 is 2.67 bits per heavy atom. The van der Waals surface area contributed by atoms with Crippen molar-refractivity contribution in [2.75, 3.05) is 7.05 Å². The van der Waals surface area contributed by atoms with E-state index in [0.29, 0.717) is 23.6 Å². The minimum atomic E-state index is -0.390. The molecule has 0 spiro atoms. The van der Waals surface area contributed by atoms with Gasteiger partial charge in [-0.2, -0.15) is 0 Å². The average molecular weight is 369 g/mol. The molecule has 3 nitrogen and oxygen atoms in total. The molecule has 1 unspecified atom stereocenters. The van der Waals surface area contributed by atoms with Crippen molar-refractivity contribution in [2.24, 2.45) is 0 Å². The molecule has 128 valence electrons. The quantitative estimate of drug-likeness (QED) is 0.897. The molecule has 6 heteroatoms. The van der Waals surface area contributed by atoms with Crippen molar-refractivity contribution in [3.63, 3.8) is 0 Å². The summed E-state index contributed by atoms with van der Waals surface area (Å²) >= 11 is 6.04. The molecule has 2 aromatic carbocycles. The van der Waals surface area contributed by atoms with Gasteiger partial charge < -0.3 is 10.2 Å². The lowest BCUT2D eigenvalue weighted by molar-refractivity contribution is -0.132. The van der Waals surface area contributed by atoms with Crippen molar-refractivity contribution < 1.29 is 9.18 Å². The van der Waals surface area contributed by atoms with Crippen LogP contribution in [0.2, 0.25) is 5.02 Å². The van der Waals surface area contributed by atoms with E-state index >= 15 is 0 Å². The second-order valence-electron chi connectivity index (χ2n) is 5.80. The van der Waals surface area contributed by atoms with E-state index in [1.54, 1.807) is 19.2 Å². The van der Waals surface area contributed by atoms with Gasteiger partial charge in [-0.1, -0.05) is 41.9 Å². The summed E-state index contributed by atoms with van der Waals surface area (Å²) < 4.78 is 13.9. The maximum Gasteiger partial charge on any atom is 0.240 e. The Bertz CT molecular complexity index is 718. The third-order valence-corrected chi connectivity index (χ3v) is 4.57. The van der Waals surface area contributed by atoms with Crippen molar-refractivity contribution in [1.29, 1.82) is 0 Å². The smallest absolute Gasteiger partial charge is 0.240 e. The van der Waals surface area contributed by atoms with Gasteiger partial charge in [0.05, 0.1) is 6.04 Å². The molecule has 0 bridgehead atoms. The fraction of sp³-hybridized carbons (Fsp3) is 0.278. The van der Waals surface area contributed by atoms with Crippen LogP contribution >= 0.6 is 24.0 Å². The SMILES string of the molecule is CN(Cc1c(F)cccc1Cl)C(=O)C1Cc2ccccc2CN1.Cl. The summed E-state index contributed by atoms with van der Waals surface area (Å²) in [6, 6.07) is 12.3. The van der Waals surface area contributed by atoms with Crippen LogP contribution in [0.1, 0.15) is 16.7 Å². The number of likely N-dealkylation sites (N-methyl/N-ethyl adjacent to an activating group) is 1. The number of halogens is 3. The monoisotopic (exact) mass is 368 g/mol. The van der Waals surface area contributed by atoms with Gasteiger partial charge in [0.2, 0.25) is 5.91 Å². The normalized spacial score (nSPS) is 16.0.